The van der Waals surface area contributed by atoms with Gasteiger partial charge in [-0.15, -0.1) is 0 Å². The van der Waals surface area contributed by atoms with E-state index in [1.165, 1.54) is 0 Å². The Kier molecular flexibility index (Phi) is 5.42. The number of rotatable bonds is 6. The molecule has 0 bridgehead atoms. The summed E-state index contributed by atoms with van der Waals surface area (Å²) in [7, 11) is 0. The summed E-state index contributed by atoms with van der Waals surface area (Å²) in [6.45, 7) is 3.88. The maximum atomic E-state index is 10.2. The number of nitrogens with zero attached hydrogens (tertiary/aromatic N) is 2. The molecule has 2 unspecified atom stereocenters. The second kappa shape index (κ2) is 7.29. The number of pyridine rings is 2. The molecule has 2 rings (SSSR count). The Bertz CT molecular complexity index is 535. The van der Waals surface area contributed by atoms with Crippen LogP contribution in [-0.4, -0.2) is 20.2 Å². The van der Waals surface area contributed by atoms with Crippen LogP contribution in [0, 0.1) is 13.8 Å². The molecule has 0 amide bonds. The highest BCUT2D eigenvalue weighted by atomic mass is 16.3. The van der Waals surface area contributed by atoms with Gasteiger partial charge in [-0.1, -0.05) is 12.1 Å². The highest BCUT2D eigenvalue weighted by molar-refractivity contribution is 5.20. The Hall–Kier alpha value is -1.78. The van der Waals surface area contributed by atoms with E-state index in [-0.39, 0.29) is 0 Å². The van der Waals surface area contributed by atoms with E-state index in [0.29, 0.717) is 19.3 Å². The Morgan fingerprint density at radius 3 is 1.67 bits per heavy atom. The normalized spacial score (nSPS) is 13.9. The third-order valence-corrected chi connectivity index (χ3v) is 3.69. The molecule has 2 aromatic heterocycles. The van der Waals surface area contributed by atoms with Crippen LogP contribution in [0.4, 0.5) is 0 Å². The van der Waals surface area contributed by atoms with Crippen LogP contribution < -0.4 is 0 Å². The van der Waals surface area contributed by atoms with Crippen LogP contribution in [0.5, 0.6) is 0 Å². The molecule has 21 heavy (non-hydrogen) atoms. The van der Waals surface area contributed by atoms with Crippen LogP contribution in [-0.2, 0) is 0 Å². The minimum Gasteiger partial charge on any atom is -0.387 e. The molecule has 0 fully saturated rings. The van der Waals surface area contributed by atoms with Crippen LogP contribution >= 0.6 is 0 Å². The summed E-state index contributed by atoms with van der Waals surface area (Å²) in [5.74, 6) is 0. The van der Waals surface area contributed by atoms with Gasteiger partial charge >= 0.3 is 0 Å². The van der Waals surface area contributed by atoms with Gasteiger partial charge in [0.05, 0.1) is 23.6 Å². The maximum absolute atomic E-state index is 10.2. The number of aliphatic hydroxyl groups is 2. The molecule has 0 aliphatic rings. The van der Waals surface area contributed by atoms with Crippen molar-refractivity contribution < 1.29 is 10.2 Å². The fourth-order valence-corrected chi connectivity index (χ4v) is 2.47. The Labute approximate surface area is 125 Å². The van der Waals surface area contributed by atoms with Crippen LogP contribution in [0.25, 0.3) is 0 Å². The third-order valence-electron chi connectivity index (χ3n) is 3.69. The van der Waals surface area contributed by atoms with Gasteiger partial charge in [-0.05, 0) is 56.4 Å². The zero-order valence-corrected chi connectivity index (χ0v) is 12.5. The van der Waals surface area contributed by atoms with Crippen LogP contribution in [0.3, 0.4) is 0 Å². The van der Waals surface area contributed by atoms with Gasteiger partial charge in [0.15, 0.2) is 0 Å². The van der Waals surface area contributed by atoms with Crippen LogP contribution in [0.2, 0.25) is 0 Å². The van der Waals surface area contributed by atoms with Gasteiger partial charge < -0.3 is 10.2 Å². The molecule has 2 N–H and O–H groups in total. The summed E-state index contributed by atoms with van der Waals surface area (Å²) in [6, 6.07) is 7.60. The van der Waals surface area contributed by atoms with E-state index in [0.717, 1.165) is 22.5 Å². The van der Waals surface area contributed by atoms with Gasteiger partial charge in [0.25, 0.3) is 0 Å². The number of aryl methyl sites for hydroxylation is 2. The zero-order valence-electron chi connectivity index (χ0n) is 12.5. The molecule has 0 spiro atoms. The molecule has 2 aromatic rings. The number of aliphatic hydroxyl groups excluding tert-OH is 2. The molecule has 0 aromatic carbocycles. The van der Waals surface area contributed by atoms with E-state index in [1.54, 1.807) is 12.4 Å². The molecular formula is C17H22N2O2. The van der Waals surface area contributed by atoms with E-state index < -0.39 is 12.2 Å². The lowest BCUT2D eigenvalue weighted by Gasteiger charge is -2.15. The average molecular weight is 286 g/mol. The molecule has 2 atom stereocenters. The standard InChI is InChI=1S/C17H22N2O2/c1-12-6-4-10-18-16(12)14(20)8-3-9-15(21)17-13(2)7-5-11-19-17/h4-7,10-11,14-15,20-21H,3,8-9H2,1-2H3. The number of aromatic nitrogens is 2. The van der Waals surface area contributed by atoms with E-state index in [2.05, 4.69) is 9.97 Å². The van der Waals surface area contributed by atoms with E-state index >= 15 is 0 Å². The number of hydrogen-bond acceptors (Lipinski definition) is 4. The molecule has 0 aliphatic heterocycles. The van der Waals surface area contributed by atoms with Crippen molar-refractivity contribution in [1.29, 1.82) is 0 Å². The van der Waals surface area contributed by atoms with Gasteiger partial charge in [-0.3, -0.25) is 9.97 Å². The fraction of sp³-hybridized carbons (Fsp3) is 0.412. The lowest BCUT2D eigenvalue weighted by molar-refractivity contribution is 0.130. The Balaban J connectivity index is 1.87. The van der Waals surface area contributed by atoms with Crippen molar-refractivity contribution >= 4 is 0 Å². The average Bonchev–Trinajstić information content (AvgIpc) is 2.48. The summed E-state index contributed by atoms with van der Waals surface area (Å²) in [4.78, 5) is 8.45. The van der Waals surface area contributed by atoms with Crippen molar-refractivity contribution in [1.82, 2.24) is 9.97 Å². The monoisotopic (exact) mass is 286 g/mol. The topological polar surface area (TPSA) is 66.2 Å². The smallest absolute Gasteiger partial charge is 0.0962 e. The van der Waals surface area contributed by atoms with Gasteiger partial charge in [0, 0.05) is 12.4 Å². The Morgan fingerprint density at radius 2 is 1.29 bits per heavy atom. The van der Waals surface area contributed by atoms with E-state index in [1.807, 2.05) is 38.1 Å². The summed E-state index contributed by atoms with van der Waals surface area (Å²) in [5.41, 5.74) is 3.43. The van der Waals surface area contributed by atoms with Gasteiger partial charge in [-0.2, -0.15) is 0 Å². The van der Waals surface area contributed by atoms with E-state index in [4.69, 9.17) is 0 Å². The predicted octanol–water partition coefficient (Wildman–Crippen LogP) is 3.03. The van der Waals surface area contributed by atoms with Crippen molar-refractivity contribution in [2.45, 2.75) is 45.3 Å². The molecule has 0 radical (unpaired) electrons. The zero-order chi connectivity index (χ0) is 15.2. The molecular weight excluding hydrogens is 264 g/mol. The highest BCUT2D eigenvalue weighted by Crippen LogP contribution is 2.24. The molecule has 0 saturated carbocycles. The quantitative estimate of drug-likeness (QED) is 0.856. The first-order chi connectivity index (χ1) is 10.1. The summed E-state index contributed by atoms with van der Waals surface area (Å²) >= 11 is 0. The summed E-state index contributed by atoms with van der Waals surface area (Å²) in [5, 5.41) is 20.4. The molecule has 4 heteroatoms. The van der Waals surface area contributed by atoms with Crippen molar-refractivity contribution in [2.24, 2.45) is 0 Å². The maximum Gasteiger partial charge on any atom is 0.0962 e. The van der Waals surface area contributed by atoms with Crippen LogP contribution in [0.1, 0.15) is 54.0 Å². The number of hydrogen-bond donors (Lipinski definition) is 2. The Morgan fingerprint density at radius 1 is 0.857 bits per heavy atom. The molecule has 2 heterocycles. The van der Waals surface area contributed by atoms with E-state index in [9.17, 15) is 10.2 Å². The highest BCUT2D eigenvalue weighted by Gasteiger charge is 2.15. The molecule has 0 saturated heterocycles. The van der Waals surface area contributed by atoms with Crippen LogP contribution in [0.15, 0.2) is 36.7 Å². The van der Waals surface area contributed by atoms with Crippen molar-refractivity contribution in [2.75, 3.05) is 0 Å². The first-order valence-corrected chi connectivity index (χ1v) is 7.28. The largest absolute Gasteiger partial charge is 0.387 e. The molecule has 0 aliphatic carbocycles. The summed E-state index contributed by atoms with van der Waals surface area (Å²) in [6.07, 6.45) is 4.11. The molecule has 112 valence electrons. The van der Waals surface area contributed by atoms with Gasteiger partial charge in [0.1, 0.15) is 0 Å². The van der Waals surface area contributed by atoms with Crippen molar-refractivity contribution in [3.63, 3.8) is 0 Å². The van der Waals surface area contributed by atoms with Gasteiger partial charge in [0.2, 0.25) is 0 Å². The molecule has 4 nitrogen and oxygen atoms in total. The SMILES string of the molecule is Cc1cccnc1C(O)CCCC(O)c1ncccc1C. The lowest BCUT2D eigenvalue weighted by Crippen LogP contribution is -2.06. The summed E-state index contributed by atoms with van der Waals surface area (Å²) < 4.78 is 0. The second-order valence-electron chi connectivity index (χ2n) is 5.37. The van der Waals surface area contributed by atoms with Gasteiger partial charge in [-0.25, -0.2) is 0 Å². The first kappa shape index (κ1) is 15.6. The fourth-order valence-electron chi connectivity index (χ4n) is 2.47. The first-order valence-electron chi connectivity index (χ1n) is 7.28. The predicted molar refractivity (Wildman–Crippen MR) is 81.7 cm³/mol. The second-order valence-corrected chi connectivity index (χ2v) is 5.37. The minimum atomic E-state index is -0.580. The lowest BCUT2D eigenvalue weighted by atomic mass is 10.0. The van der Waals surface area contributed by atoms with Crippen molar-refractivity contribution in [3.8, 4) is 0 Å². The minimum absolute atomic E-state index is 0.580. The third kappa shape index (κ3) is 4.09. The van der Waals surface area contributed by atoms with Crippen molar-refractivity contribution in [3.05, 3.63) is 59.2 Å².